The number of rotatable bonds is 5. The summed E-state index contributed by atoms with van der Waals surface area (Å²) in [6.07, 6.45) is 1.44. The number of carbonyl (C=O) groups is 1. The number of nitrogens with zero attached hydrogens (tertiary/aromatic N) is 1. The Bertz CT molecular complexity index is 948. The SMILES string of the molecule is COc1ccccc1NC(=O)c1ccnc(Nc2ccc(F)c(F)c2)c1. The van der Waals surface area contributed by atoms with Crippen LogP contribution in [0.1, 0.15) is 10.4 Å². The third-order valence-corrected chi connectivity index (χ3v) is 3.57. The maximum absolute atomic E-state index is 13.3. The highest BCUT2D eigenvalue weighted by Crippen LogP contribution is 2.24. The number of hydrogen-bond acceptors (Lipinski definition) is 4. The fourth-order valence-corrected chi connectivity index (χ4v) is 2.30. The molecule has 2 aromatic carbocycles. The maximum atomic E-state index is 13.3. The van der Waals surface area contributed by atoms with Crippen LogP contribution in [0, 0.1) is 11.6 Å². The van der Waals surface area contributed by atoms with Gasteiger partial charge in [-0.3, -0.25) is 4.79 Å². The fourth-order valence-electron chi connectivity index (χ4n) is 2.30. The van der Waals surface area contributed by atoms with Crippen LogP contribution in [-0.4, -0.2) is 18.0 Å². The third-order valence-electron chi connectivity index (χ3n) is 3.57. The molecule has 0 saturated carbocycles. The molecule has 1 aromatic heterocycles. The van der Waals surface area contributed by atoms with E-state index in [2.05, 4.69) is 15.6 Å². The van der Waals surface area contributed by atoms with E-state index in [0.29, 0.717) is 28.5 Å². The normalized spacial score (nSPS) is 10.3. The molecule has 7 heteroatoms. The van der Waals surface area contributed by atoms with Gasteiger partial charge < -0.3 is 15.4 Å². The van der Waals surface area contributed by atoms with Gasteiger partial charge in [0.25, 0.3) is 5.91 Å². The Morgan fingerprint density at radius 3 is 2.62 bits per heavy atom. The summed E-state index contributed by atoms with van der Waals surface area (Å²) < 4.78 is 31.5. The van der Waals surface area contributed by atoms with E-state index in [1.165, 1.54) is 25.4 Å². The molecule has 132 valence electrons. The largest absolute Gasteiger partial charge is 0.495 e. The quantitative estimate of drug-likeness (QED) is 0.714. The summed E-state index contributed by atoms with van der Waals surface area (Å²) in [6.45, 7) is 0. The predicted molar refractivity (Wildman–Crippen MR) is 94.8 cm³/mol. The van der Waals surface area contributed by atoms with Gasteiger partial charge in [-0.2, -0.15) is 0 Å². The van der Waals surface area contributed by atoms with E-state index in [1.807, 2.05) is 0 Å². The molecular formula is C19H15F2N3O2. The van der Waals surface area contributed by atoms with Crippen LogP contribution in [-0.2, 0) is 0 Å². The van der Waals surface area contributed by atoms with Crippen LogP contribution in [0.3, 0.4) is 0 Å². The lowest BCUT2D eigenvalue weighted by molar-refractivity contribution is 0.102. The van der Waals surface area contributed by atoms with Gasteiger partial charge in [0, 0.05) is 23.5 Å². The number of nitrogens with one attached hydrogen (secondary N) is 2. The number of para-hydroxylation sites is 2. The van der Waals surface area contributed by atoms with Gasteiger partial charge in [-0.25, -0.2) is 13.8 Å². The molecule has 0 aliphatic carbocycles. The van der Waals surface area contributed by atoms with Crippen molar-refractivity contribution in [3.8, 4) is 5.75 Å². The van der Waals surface area contributed by atoms with Crippen LogP contribution in [0.5, 0.6) is 5.75 Å². The van der Waals surface area contributed by atoms with E-state index >= 15 is 0 Å². The first-order valence-electron chi connectivity index (χ1n) is 7.69. The average Bonchev–Trinajstić information content (AvgIpc) is 2.65. The molecule has 3 aromatic rings. The Labute approximate surface area is 148 Å². The lowest BCUT2D eigenvalue weighted by atomic mass is 10.2. The van der Waals surface area contributed by atoms with Crippen LogP contribution in [0.4, 0.5) is 26.0 Å². The molecule has 0 unspecified atom stereocenters. The topological polar surface area (TPSA) is 63.2 Å². The molecule has 0 atom stereocenters. The summed E-state index contributed by atoms with van der Waals surface area (Å²) in [5, 5.41) is 5.59. The van der Waals surface area contributed by atoms with Gasteiger partial charge in [-0.15, -0.1) is 0 Å². The number of amides is 1. The highest BCUT2D eigenvalue weighted by atomic mass is 19.2. The van der Waals surface area contributed by atoms with Crippen molar-refractivity contribution in [2.75, 3.05) is 17.7 Å². The van der Waals surface area contributed by atoms with Gasteiger partial charge in [-0.05, 0) is 36.4 Å². The second kappa shape index (κ2) is 7.60. The van der Waals surface area contributed by atoms with Gasteiger partial charge in [0.15, 0.2) is 11.6 Å². The lowest BCUT2D eigenvalue weighted by Crippen LogP contribution is -2.13. The summed E-state index contributed by atoms with van der Waals surface area (Å²) in [4.78, 5) is 16.5. The number of anilines is 3. The van der Waals surface area contributed by atoms with Crippen molar-refractivity contribution in [1.82, 2.24) is 4.98 Å². The first-order valence-corrected chi connectivity index (χ1v) is 7.69. The van der Waals surface area contributed by atoms with Crippen molar-refractivity contribution in [2.45, 2.75) is 0 Å². The van der Waals surface area contributed by atoms with Crippen molar-refractivity contribution in [2.24, 2.45) is 0 Å². The average molecular weight is 355 g/mol. The first kappa shape index (κ1) is 17.3. The molecule has 2 N–H and O–H groups in total. The molecule has 0 bridgehead atoms. The molecule has 5 nitrogen and oxygen atoms in total. The number of ether oxygens (including phenoxy) is 1. The minimum Gasteiger partial charge on any atom is -0.495 e. The zero-order valence-corrected chi connectivity index (χ0v) is 13.8. The van der Waals surface area contributed by atoms with Gasteiger partial charge >= 0.3 is 0 Å². The molecule has 0 fully saturated rings. The van der Waals surface area contributed by atoms with Crippen molar-refractivity contribution in [1.29, 1.82) is 0 Å². The zero-order chi connectivity index (χ0) is 18.5. The smallest absolute Gasteiger partial charge is 0.255 e. The maximum Gasteiger partial charge on any atom is 0.255 e. The number of pyridine rings is 1. The molecule has 1 heterocycles. The van der Waals surface area contributed by atoms with Gasteiger partial charge in [0.2, 0.25) is 0 Å². The highest BCUT2D eigenvalue weighted by molar-refractivity contribution is 6.05. The molecule has 0 spiro atoms. The summed E-state index contributed by atoms with van der Waals surface area (Å²) in [6, 6.07) is 13.5. The van der Waals surface area contributed by atoms with Crippen LogP contribution >= 0.6 is 0 Å². The number of aromatic nitrogens is 1. The van der Waals surface area contributed by atoms with E-state index in [-0.39, 0.29) is 5.91 Å². The molecule has 1 amide bonds. The zero-order valence-electron chi connectivity index (χ0n) is 13.8. The highest BCUT2D eigenvalue weighted by Gasteiger charge is 2.11. The van der Waals surface area contributed by atoms with Gasteiger partial charge in [0.1, 0.15) is 11.6 Å². The first-order chi connectivity index (χ1) is 12.6. The summed E-state index contributed by atoms with van der Waals surface area (Å²) >= 11 is 0. The second-order valence-corrected chi connectivity index (χ2v) is 5.34. The number of hydrogen-bond donors (Lipinski definition) is 2. The standard InChI is InChI=1S/C19H15F2N3O2/c1-26-17-5-3-2-4-16(17)24-19(25)12-8-9-22-18(10-12)23-13-6-7-14(20)15(21)11-13/h2-11H,1H3,(H,22,23)(H,24,25). The Morgan fingerprint density at radius 1 is 1.04 bits per heavy atom. The predicted octanol–water partition coefficient (Wildman–Crippen LogP) is 4.36. The summed E-state index contributed by atoms with van der Waals surface area (Å²) in [5.41, 5.74) is 1.20. The molecule has 0 aliphatic rings. The number of carbonyl (C=O) groups excluding carboxylic acids is 1. The Hall–Kier alpha value is -3.48. The fraction of sp³-hybridized carbons (Fsp3) is 0.0526. The van der Waals surface area contributed by atoms with Gasteiger partial charge in [-0.1, -0.05) is 12.1 Å². The minimum absolute atomic E-state index is 0.318. The van der Waals surface area contributed by atoms with E-state index in [9.17, 15) is 13.6 Å². The van der Waals surface area contributed by atoms with E-state index in [4.69, 9.17) is 4.74 Å². The number of benzene rings is 2. The molecule has 26 heavy (non-hydrogen) atoms. The van der Waals surface area contributed by atoms with Crippen molar-refractivity contribution < 1.29 is 18.3 Å². The van der Waals surface area contributed by atoms with Gasteiger partial charge in [0.05, 0.1) is 12.8 Å². The van der Waals surface area contributed by atoms with Crippen LogP contribution < -0.4 is 15.4 Å². The number of halogens is 2. The summed E-state index contributed by atoms with van der Waals surface area (Å²) in [5.74, 6) is -1.41. The number of methoxy groups -OCH3 is 1. The molecule has 0 saturated heterocycles. The second-order valence-electron chi connectivity index (χ2n) is 5.34. The van der Waals surface area contributed by atoms with Crippen molar-refractivity contribution in [3.05, 3.63) is 78.0 Å². The van der Waals surface area contributed by atoms with E-state index in [1.54, 1.807) is 30.3 Å². The van der Waals surface area contributed by atoms with E-state index < -0.39 is 11.6 Å². The van der Waals surface area contributed by atoms with Crippen LogP contribution in [0.25, 0.3) is 0 Å². The van der Waals surface area contributed by atoms with Crippen LogP contribution in [0.15, 0.2) is 60.8 Å². The summed E-state index contributed by atoms with van der Waals surface area (Å²) in [7, 11) is 1.52. The monoisotopic (exact) mass is 355 g/mol. The third kappa shape index (κ3) is 3.94. The van der Waals surface area contributed by atoms with Crippen molar-refractivity contribution >= 4 is 23.1 Å². The van der Waals surface area contributed by atoms with Crippen molar-refractivity contribution in [3.63, 3.8) is 0 Å². The minimum atomic E-state index is -0.972. The molecule has 3 rings (SSSR count). The van der Waals surface area contributed by atoms with Crippen LogP contribution in [0.2, 0.25) is 0 Å². The Morgan fingerprint density at radius 2 is 1.85 bits per heavy atom. The lowest BCUT2D eigenvalue weighted by Gasteiger charge is -2.11. The molecule has 0 aliphatic heterocycles. The molecular weight excluding hydrogens is 340 g/mol. The Balaban J connectivity index is 1.78. The molecule has 0 radical (unpaired) electrons. The Kier molecular flexibility index (Phi) is 5.07. The van der Waals surface area contributed by atoms with E-state index in [0.717, 1.165) is 12.1 Å².